The monoisotopic (exact) mass is 343 g/mol. The van der Waals surface area contributed by atoms with Gasteiger partial charge in [0.1, 0.15) is 5.76 Å². The van der Waals surface area contributed by atoms with Crippen LogP contribution in [0.1, 0.15) is 24.2 Å². The van der Waals surface area contributed by atoms with Crippen LogP contribution in [-0.4, -0.2) is 48.3 Å². The molecule has 0 unspecified atom stereocenters. The summed E-state index contributed by atoms with van der Waals surface area (Å²) in [5.74, 6) is 1.08. The number of carbonyl (C=O) groups is 1. The molecule has 3 rings (SSSR count). The molecule has 1 aliphatic heterocycles. The van der Waals surface area contributed by atoms with Gasteiger partial charge in [-0.2, -0.15) is 0 Å². The van der Waals surface area contributed by atoms with Crippen LogP contribution in [0.5, 0.6) is 0 Å². The van der Waals surface area contributed by atoms with Crippen LogP contribution >= 0.6 is 0 Å². The molecule has 1 fully saturated rings. The van der Waals surface area contributed by atoms with Crippen LogP contribution in [0.2, 0.25) is 0 Å². The van der Waals surface area contributed by atoms with E-state index in [-0.39, 0.29) is 12.0 Å². The lowest BCUT2D eigenvalue weighted by atomic mass is 10.1. The lowest BCUT2D eigenvalue weighted by molar-refractivity contribution is -0.117. The van der Waals surface area contributed by atoms with E-state index in [4.69, 9.17) is 9.26 Å². The molecule has 6 heteroatoms. The number of hydrogen-bond acceptors (Lipinski definition) is 5. The highest BCUT2D eigenvalue weighted by atomic mass is 16.5. The van der Waals surface area contributed by atoms with Gasteiger partial charge in [-0.15, -0.1) is 0 Å². The van der Waals surface area contributed by atoms with E-state index in [2.05, 4.69) is 39.6 Å². The Bertz CT molecular complexity index is 672. The molecule has 1 aliphatic rings. The molecule has 1 atom stereocenters. The Morgan fingerprint density at radius 1 is 1.40 bits per heavy atom. The van der Waals surface area contributed by atoms with E-state index >= 15 is 0 Å². The Hall–Kier alpha value is -2.18. The van der Waals surface area contributed by atoms with E-state index in [1.807, 2.05) is 6.07 Å². The number of nitrogens with one attached hydrogen (secondary N) is 1. The number of rotatable bonds is 8. The van der Waals surface area contributed by atoms with Crippen LogP contribution in [0.4, 0.5) is 5.82 Å². The largest absolute Gasteiger partial charge is 0.377 e. The van der Waals surface area contributed by atoms with Crippen molar-refractivity contribution >= 4 is 11.7 Å². The van der Waals surface area contributed by atoms with Gasteiger partial charge in [0.15, 0.2) is 5.82 Å². The summed E-state index contributed by atoms with van der Waals surface area (Å²) in [7, 11) is 0. The predicted molar refractivity (Wildman–Crippen MR) is 95.4 cm³/mol. The van der Waals surface area contributed by atoms with Crippen molar-refractivity contribution in [2.75, 3.05) is 31.6 Å². The van der Waals surface area contributed by atoms with Gasteiger partial charge < -0.3 is 14.6 Å². The topological polar surface area (TPSA) is 67.6 Å². The fourth-order valence-corrected chi connectivity index (χ4v) is 3.06. The summed E-state index contributed by atoms with van der Waals surface area (Å²) < 4.78 is 10.9. The number of benzene rings is 1. The molecular weight excluding hydrogens is 318 g/mol. The lowest BCUT2D eigenvalue weighted by Gasteiger charge is -2.15. The van der Waals surface area contributed by atoms with E-state index in [9.17, 15) is 4.79 Å². The molecule has 0 spiro atoms. The summed E-state index contributed by atoms with van der Waals surface area (Å²) in [5, 5.41) is 6.52. The molecule has 2 heterocycles. The van der Waals surface area contributed by atoms with Crippen molar-refractivity contribution in [1.82, 2.24) is 10.1 Å². The standard InChI is InChI=1S/C19H25N3O3/c1-15-12-18(21-25-15)20-19(23)14-22-10-9-17(13-22)24-11-5-8-16-6-3-2-4-7-16/h2-4,6-7,12,17H,5,8-11,13-14H2,1H3,(H,20,21,23)/t17-/m0/s1. The van der Waals surface area contributed by atoms with Crippen LogP contribution < -0.4 is 5.32 Å². The average Bonchev–Trinajstić information content (AvgIpc) is 3.21. The number of ether oxygens (including phenoxy) is 1. The van der Waals surface area contributed by atoms with Crippen LogP contribution in [0.25, 0.3) is 0 Å². The van der Waals surface area contributed by atoms with Gasteiger partial charge in [0.2, 0.25) is 5.91 Å². The Morgan fingerprint density at radius 3 is 3.00 bits per heavy atom. The molecule has 1 aromatic heterocycles. The molecule has 1 N–H and O–H groups in total. The molecule has 6 nitrogen and oxygen atoms in total. The quantitative estimate of drug-likeness (QED) is 0.746. The Kier molecular flexibility index (Phi) is 6.19. The molecule has 0 aliphatic carbocycles. The highest BCUT2D eigenvalue weighted by Gasteiger charge is 2.24. The highest BCUT2D eigenvalue weighted by Crippen LogP contribution is 2.14. The first-order chi connectivity index (χ1) is 12.2. The Balaban J connectivity index is 1.31. The molecule has 0 radical (unpaired) electrons. The molecule has 0 saturated carbocycles. The minimum absolute atomic E-state index is 0.0713. The van der Waals surface area contributed by atoms with Crippen molar-refractivity contribution in [2.24, 2.45) is 0 Å². The highest BCUT2D eigenvalue weighted by molar-refractivity contribution is 5.91. The summed E-state index contributed by atoms with van der Waals surface area (Å²) in [5.41, 5.74) is 1.35. The van der Waals surface area contributed by atoms with Crippen molar-refractivity contribution in [2.45, 2.75) is 32.3 Å². The Morgan fingerprint density at radius 2 is 2.24 bits per heavy atom. The minimum atomic E-state index is -0.0713. The Labute approximate surface area is 148 Å². The predicted octanol–water partition coefficient (Wildman–Crippen LogP) is 2.65. The first-order valence-corrected chi connectivity index (χ1v) is 8.80. The van der Waals surface area contributed by atoms with E-state index in [1.54, 1.807) is 13.0 Å². The van der Waals surface area contributed by atoms with Gasteiger partial charge >= 0.3 is 0 Å². The first-order valence-electron chi connectivity index (χ1n) is 8.80. The molecule has 0 bridgehead atoms. The molecule has 1 aromatic carbocycles. The first kappa shape index (κ1) is 17.6. The summed E-state index contributed by atoms with van der Waals surface area (Å²) in [6.07, 6.45) is 3.25. The third-order valence-corrected chi connectivity index (χ3v) is 4.30. The number of aromatic nitrogens is 1. The number of anilines is 1. The molecule has 2 aromatic rings. The van der Waals surface area contributed by atoms with Gasteiger partial charge in [-0.25, -0.2) is 0 Å². The van der Waals surface area contributed by atoms with Gasteiger partial charge in [-0.1, -0.05) is 35.5 Å². The molecule has 25 heavy (non-hydrogen) atoms. The SMILES string of the molecule is Cc1cc(NC(=O)CN2CC[C@H](OCCCc3ccccc3)C2)no1. The van der Waals surface area contributed by atoms with Crippen molar-refractivity contribution in [3.05, 3.63) is 47.7 Å². The second kappa shape index (κ2) is 8.78. The number of aryl methyl sites for hydroxylation is 2. The van der Waals surface area contributed by atoms with Gasteiger partial charge in [-0.3, -0.25) is 9.69 Å². The maximum atomic E-state index is 12.0. The van der Waals surface area contributed by atoms with Crippen LogP contribution in [0.3, 0.4) is 0 Å². The molecule has 134 valence electrons. The summed E-state index contributed by atoms with van der Waals surface area (Å²) in [6.45, 7) is 4.60. The summed E-state index contributed by atoms with van der Waals surface area (Å²) in [4.78, 5) is 14.1. The maximum Gasteiger partial charge on any atom is 0.239 e. The van der Waals surface area contributed by atoms with Crippen molar-refractivity contribution < 1.29 is 14.1 Å². The lowest BCUT2D eigenvalue weighted by Crippen LogP contribution is -2.32. The van der Waals surface area contributed by atoms with E-state index in [0.29, 0.717) is 18.1 Å². The zero-order chi connectivity index (χ0) is 17.5. The number of carbonyl (C=O) groups excluding carboxylic acids is 1. The van der Waals surface area contributed by atoms with E-state index in [1.165, 1.54) is 5.56 Å². The molecular formula is C19H25N3O3. The van der Waals surface area contributed by atoms with Gasteiger partial charge in [0.05, 0.1) is 12.6 Å². The normalized spacial score (nSPS) is 17.7. The van der Waals surface area contributed by atoms with Gasteiger partial charge in [0.25, 0.3) is 0 Å². The zero-order valence-electron chi connectivity index (χ0n) is 14.6. The van der Waals surface area contributed by atoms with Gasteiger partial charge in [-0.05, 0) is 31.7 Å². The van der Waals surface area contributed by atoms with Gasteiger partial charge in [0, 0.05) is 25.8 Å². The van der Waals surface area contributed by atoms with Crippen molar-refractivity contribution in [3.8, 4) is 0 Å². The van der Waals surface area contributed by atoms with Crippen LogP contribution in [0, 0.1) is 6.92 Å². The van der Waals surface area contributed by atoms with Crippen LogP contribution in [-0.2, 0) is 16.0 Å². The number of amides is 1. The average molecular weight is 343 g/mol. The van der Waals surface area contributed by atoms with E-state index in [0.717, 1.165) is 39.0 Å². The maximum absolute atomic E-state index is 12.0. The second-order valence-electron chi connectivity index (χ2n) is 6.48. The fraction of sp³-hybridized carbons (Fsp3) is 0.474. The molecule has 1 saturated heterocycles. The van der Waals surface area contributed by atoms with Crippen LogP contribution in [0.15, 0.2) is 40.9 Å². The smallest absolute Gasteiger partial charge is 0.239 e. The van der Waals surface area contributed by atoms with Crippen molar-refractivity contribution in [1.29, 1.82) is 0 Å². The summed E-state index contributed by atoms with van der Waals surface area (Å²) >= 11 is 0. The third kappa shape index (κ3) is 5.69. The number of hydrogen-bond donors (Lipinski definition) is 1. The second-order valence-corrected chi connectivity index (χ2v) is 6.48. The number of nitrogens with zero attached hydrogens (tertiary/aromatic N) is 2. The molecule has 1 amide bonds. The minimum Gasteiger partial charge on any atom is -0.377 e. The van der Waals surface area contributed by atoms with Crippen molar-refractivity contribution in [3.63, 3.8) is 0 Å². The number of likely N-dealkylation sites (tertiary alicyclic amines) is 1. The third-order valence-electron chi connectivity index (χ3n) is 4.30. The van der Waals surface area contributed by atoms with E-state index < -0.39 is 0 Å². The summed E-state index contributed by atoms with van der Waals surface area (Å²) in [6, 6.07) is 12.2. The fourth-order valence-electron chi connectivity index (χ4n) is 3.06. The zero-order valence-corrected chi connectivity index (χ0v) is 14.6.